The van der Waals surface area contributed by atoms with E-state index in [0.29, 0.717) is 18.7 Å². The molecule has 2 aromatic carbocycles. The molecular formula is C26H27N3O2. The third-order valence-corrected chi connectivity index (χ3v) is 4.97. The highest BCUT2D eigenvalue weighted by Gasteiger charge is 2.15. The zero-order valence-corrected chi connectivity index (χ0v) is 17.6. The predicted octanol–water partition coefficient (Wildman–Crippen LogP) is 4.60. The van der Waals surface area contributed by atoms with Gasteiger partial charge in [0.25, 0.3) is 0 Å². The normalized spacial score (nSPS) is 11.4. The van der Waals surface area contributed by atoms with E-state index in [0.717, 1.165) is 34.8 Å². The second kappa shape index (κ2) is 11.6. The van der Waals surface area contributed by atoms with Crippen LogP contribution in [0.25, 0.3) is 0 Å². The van der Waals surface area contributed by atoms with Crippen molar-refractivity contribution in [1.29, 1.82) is 0 Å². The highest BCUT2D eigenvalue weighted by molar-refractivity contribution is 5.78. The van der Waals surface area contributed by atoms with Gasteiger partial charge in [0.2, 0.25) is 0 Å². The Bertz CT molecular complexity index is 1060. The summed E-state index contributed by atoms with van der Waals surface area (Å²) in [4.78, 5) is 23.2. The average Bonchev–Trinajstić information content (AvgIpc) is 3.28. The van der Waals surface area contributed by atoms with E-state index >= 15 is 0 Å². The van der Waals surface area contributed by atoms with Gasteiger partial charge in [-0.3, -0.25) is 9.48 Å². The summed E-state index contributed by atoms with van der Waals surface area (Å²) in [6.07, 6.45) is 5.64. The molecule has 0 fully saturated rings. The van der Waals surface area contributed by atoms with Crippen LogP contribution in [0.4, 0.5) is 0 Å². The number of hydrogen-bond acceptors (Lipinski definition) is 4. The van der Waals surface area contributed by atoms with Crippen LogP contribution < -0.4 is 5.32 Å². The summed E-state index contributed by atoms with van der Waals surface area (Å²) in [5.41, 5.74) is 4.62. The number of aromatic nitrogens is 2. The molecule has 5 heteroatoms. The molecule has 1 aromatic heterocycles. The molecule has 0 aliphatic carbocycles. The second-order valence-corrected chi connectivity index (χ2v) is 7.38. The van der Waals surface area contributed by atoms with Crippen molar-refractivity contribution in [2.45, 2.75) is 32.5 Å². The fourth-order valence-corrected chi connectivity index (χ4v) is 3.46. The van der Waals surface area contributed by atoms with E-state index in [2.05, 4.69) is 29.5 Å². The number of rotatable bonds is 9. The van der Waals surface area contributed by atoms with Gasteiger partial charge in [-0.05, 0) is 35.7 Å². The van der Waals surface area contributed by atoms with Crippen molar-refractivity contribution in [1.82, 2.24) is 15.1 Å². The maximum atomic E-state index is 11.8. The Labute approximate surface area is 183 Å². The summed E-state index contributed by atoms with van der Waals surface area (Å²) < 4.78 is 1.81. The van der Waals surface area contributed by atoms with Gasteiger partial charge >= 0.3 is 0 Å². The minimum Gasteiger partial charge on any atom is -0.305 e. The third-order valence-electron chi connectivity index (χ3n) is 4.97. The molecule has 1 N–H and O–H groups in total. The van der Waals surface area contributed by atoms with E-state index in [9.17, 15) is 9.59 Å². The van der Waals surface area contributed by atoms with Crippen molar-refractivity contribution >= 4 is 12.6 Å². The van der Waals surface area contributed by atoms with Crippen LogP contribution in [-0.4, -0.2) is 22.4 Å². The zero-order chi connectivity index (χ0) is 21.9. The minimum absolute atomic E-state index is 0.249. The van der Waals surface area contributed by atoms with Crippen molar-refractivity contribution in [3.05, 3.63) is 113 Å². The van der Waals surface area contributed by atoms with Crippen molar-refractivity contribution < 1.29 is 9.59 Å². The molecule has 1 atom stereocenters. The molecule has 1 heterocycles. The summed E-state index contributed by atoms with van der Waals surface area (Å²) in [5.74, 6) is 0. The number of hydrogen-bond donors (Lipinski definition) is 1. The number of aryl methyl sites for hydroxylation is 1. The lowest BCUT2D eigenvalue weighted by molar-refractivity contribution is -0.108. The first-order chi connectivity index (χ1) is 15.2. The Hall–Kier alpha value is -3.57. The first kappa shape index (κ1) is 22.1. The van der Waals surface area contributed by atoms with Crippen LogP contribution in [0.3, 0.4) is 0 Å². The SMILES string of the molecule is Cc1cccccccc(CNC(CC=O)c2ccc(Cn3cccn3)cc2C=O)c1. The van der Waals surface area contributed by atoms with E-state index < -0.39 is 0 Å². The molecule has 0 radical (unpaired) electrons. The van der Waals surface area contributed by atoms with E-state index in [-0.39, 0.29) is 12.5 Å². The first-order valence-corrected chi connectivity index (χ1v) is 10.3. The largest absolute Gasteiger partial charge is 0.305 e. The lowest BCUT2D eigenvalue weighted by atomic mass is 9.96. The smallest absolute Gasteiger partial charge is 0.150 e. The fraction of sp³-hybridized carbons (Fsp3) is 0.192. The molecule has 0 aliphatic rings. The summed E-state index contributed by atoms with van der Waals surface area (Å²) in [6.45, 7) is 3.21. The Kier molecular flexibility index (Phi) is 8.26. The number of carbonyl (C=O) groups is 2. The number of carbonyl (C=O) groups excluding carboxylic acids is 2. The molecule has 0 aliphatic heterocycles. The first-order valence-electron chi connectivity index (χ1n) is 10.3. The molecule has 3 rings (SSSR count). The summed E-state index contributed by atoms with van der Waals surface area (Å²) >= 11 is 0. The van der Waals surface area contributed by atoms with Crippen molar-refractivity contribution in [3.8, 4) is 0 Å². The van der Waals surface area contributed by atoms with Gasteiger partial charge in [0.15, 0.2) is 0 Å². The van der Waals surface area contributed by atoms with Gasteiger partial charge < -0.3 is 10.1 Å². The predicted molar refractivity (Wildman–Crippen MR) is 122 cm³/mol. The number of benzene rings is 1. The average molecular weight is 414 g/mol. The molecule has 0 saturated heterocycles. The number of nitrogens with one attached hydrogen (secondary N) is 1. The quantitative estimate of drug-likeness (QED) is 0.521. The second-order valence-electron chi connectivity index (χ2n) is 7.38. The van der Waals surface area contributed by atoms with Gasteiger partial charge in [-0.25, -0.2) is 0 Å². The van der Waals surface area contributed by atoms with E-state index in [1.165, 1.54) is 0 Å². The minimum atomic E-state index is -0.249. The standard InChI is InChI=1S/C26H27N3O2/c1-21-8-5-3-2-4-6-9-22(16-21)18-27-26(12-15-30)25-11-10-23(17-24(25)20-31)19-29-14-7-13-28-29/h2-11,13-17,20,26-27H,12,18-19H2,1H3. The fourth-order valence-electron chi connectivity index (χ4n) is 3.46. The maximum absolute atomic E-state index is 11.8. The van der Waals surface area contributed by atoms with Crippen molar-refractivity contribution in [3.63, 3.8) is 0 Å². The van der Waals surface area contributed by atoms with Gasteiger partial charge in [0.05, 0.1) is 6.54 Å². The Morgan fingerprint density at radius 2 is 1.77 bits per heavy atom. The molecule has 0 amide bonds. The summed E-state index contributed by atoms with van der Waals surface area (Å²) in [7, 11) is 0. The van der Waals surface area contributed by atoms with Crippen LogP contribution in [0.5, 0.6) is 0 Å². The van der Waals surface area contributed by atoms with Gasteiger partial charge in [-0.2, -0.15) is 5.10 Å². The molecule has 3 aromatic rings. The molecule has 1 unspecified atom stereocenters. The van der Waals surface area contributed by atoms with Crippen molar-refractivity contribution in [2.75, 3.05) is 0 Å². The highest BCUT2D eigenvalue weighted by atomic mass is 16.1. The Balaban J connectivity index is 1.83. The summed E-state index contributed by atoms with van der Waals surface area (Å²) in [5, 5.41) is 7.67. The Morgan fingerprint density at radius 1 is 0.968 bits per heavy atom. The molecular weight excluding hydrogens is 386 g/mol. The monoisotopic (exact) mass is 413 g/mol. The highest BCUT2D eigenvalue weighted by Crippen LogP contribution is 2.22. The van der Waals surface area contributed by atoms with Crippen LogP contribution in [0.15, 0.2) is 85.2 Å². The summed E-state index contributed by atoms with van der Waals surface area (Å²) in [6, 6.07) is 23.5. The van der Waals surface area contributed by atoms with Crippen LogP contribution in [0.1, 0.15) is 45.1 Å². The molecule has 0 saturated carbocycles. The van der Waals surface area contributed by atoms with Gasteiger partial charge in [0, 0.05) is 37.0 Å². The van der Waals surface area contributed by atoms with Crippen molar-refractivity contribution in [2.24, 2.45) is 0 Å². The third kappa shape index (κ3) is 6.73. The zero-order valence-electron chi connectivity index (χ0n) is 17.6. The van der Waals surface area contributed by atoms with Gasteiger partial charge in [0.1, 0.15) is 12.6 Å². The van der Waals surface area contributed by atoms with E-state index in [4.69, 9.17) is 0 Å². The van der Waals surface area contributed by atoms with Crippen LogP contribution in [-0.2, 0) is 17.9 Å². The lowest BCUT2D eigenvalue weighted by Gasteiger charge is -2.19. The molecule has 5 nitrogen and oxygen atoms in total. The molecule has 0 bridgehead atoms. The van der Waals surface area contributed by atoms with Crippen LogP contribution >= 0.6 is 0 Å². The lowest BCUT2D eigenvalue weighted by Crippen LogP contribution is -2.22. The topological polar surface area (TPSA) is 64.0 Å². The Morgan fingerprint density at radius 3 is 2.52 bits per heavy atom. The van der Waals surface area contributed by atoms with Gasteiger partial charge in [-0.15, -0.1) is 0 Å². The van der Waals surface area contributed by atoms with Gasteiger partial charge in [-0.1, -0.05) is 66.2 Å². The number of nitrogens with zero attached hydrogens (tertiary/aromatic N) is 2. The molecule has 0 spiro atoms. The number of aldehydes is 2. The molecule has 31 heavy (non-hydrogen) atoms. The maximum Gasteiger partial charge on any atom is 0.150 e. The molecule has 158 valence electrons. The van der Waals surface area contributed by atoms with Crippen LogP contribution in [0, 0.1) is 6.92 Å². The van der Waals surface area contributed by atoms with Crippen LogP contribution in [0.2, 0.25) is 0 Å². The van der Waals surface area contributed by atoms with E-state index in [1.807, 2.05) is 71.5 Å². The van der Waals surface area contributed by atoms with E-state index in [1.54, 1.807) is 6.20 Å².